The Morgan fingerprint density at radius 1 is 1.26 bits per heavy atom. The molecular formula is C20H24O3. The van der Waals surface area contributed by atoms with E-state index in [0.29, 0.717) is 5.75 Å². The second-order valence-corrected chi connectivity index (χ2v) is 6.96. The van der Waals surface area contributed by atoms with Gasteiger partial charge in [-0.1, -0.05) is 31.6 Å². The summed E-state index contributed by atoms with van der Waals surface area (Å²) in [6, 6.07) is 6.05. The number of phenolic OH excluding ortho intramolecular Hbond substituents is 1. The van der Waals surface area contributed by atoms with Gasteiger partial charge in [-0.2, -0.15) is 0 Å². The van der Waals surface area contributed by atoms with Crippen LogP contribution >= 0.6 is 0 Å². The third-order valence-electron chi connectivity index (χ3n) is 4.50. The highest BCUT2D eigenvalue weighted by Gasteiger charge is 2.33. The maximum Gasteiger partial charge on any atom is 0.170 e. The van der Waals surface area contributed by atoms with Crippen LogP contribution in [0.25, 0.3) is 10.8 Å². The summed E-state index contributed by atoms with van der Waals surface area (Å²) in [6.45, 7) is 10.0. The highest BCUT2D eigenvalue weighted by molar-refractivity contribution is 5.96. The molecule has 0 amide bonds. The van der Waals surface area contributed by atoms with Crippen molar-refractivity contribution in [3.63, 3.8) is 0 Å². The van der Waals surface area contributed by atoms with Crippen molar-refractivity contribution < 1.29 is 14.9 Å². The molecule has 2 atom stereocenters. The molecule has 0 unspecified atom stereocenters. The molecule has 0 radical (unpaired) electrons. The zero-order chi connectivity index (χ0) is 16.9. The van der Waals surface area contributed by atoms with Crippen LogP contribution in [0.1, 0.15) is 56.4 Å². The highest BCUT2D eigenvalue weighted by Crippen LogP contribution is 2.49. The summed E-state index contributed by atoms with van der Waals surface area (Å²) in [5.41, 5.74) is 3.81. The number of aliphatic hydroxyl groups excluding tert-OH is 1. The Hall–Kier alpha value is -2.00. The van der Waals surface area contributed by atoms with Crippen molar-refractivity contribution in [3.05, 3.63) is 46.5 Å². The van der Waals surface area contributed by atoms with Gasteiger partial charge in [0.05, 0.1) is 0 Å². The molecule has 0 bridgehead atoms. The molecule has 0 fully saturated rings. The van der Waals surface area contributed by atoms with Gasteiger partial charge in [0.1, 0.15) is 12.2 Å². The van der Waals surface area contributed by atoms with Gasteiger partial charge < -0.3 is 14.9 Å². The van der Waals surface area contributed by atoms with Gasteiger partial charge in [-0.25, -0.2) is 0 Å². The SMILES string of the molecule is CC(C)=C[C@@H]1Oc2c(O)c(C(C)C)cc3ccc(C)c(c23)[C@@H]1O. The quantitative estimate of drug-likeness (QED) is 0.788. The van der Waals surface area contributed by atoms with Gasteiger partial charge in [-0.05, 0) is 55.3 Å². The molecule has 2 aromatic carbocycles. The molecule has 0 saturated carbocycles. The number of hydrogen-bond donors (Lipinski definition) is 2. The monoisotopic (exact) mass is 312 g/mol. The number of aromatic hydroxyl groups is 1. The van der Waals surface area contributed by atoms with Gasteiger partial charge in [-0.15, -0.1) is 0 Å². The standard InChI is InChI=1S/C20H24O3/c1-10(2)8-15-19(22)16-12(5)6-7-13-9-14(11(3)4)18(21)20(23-15)17(13)16/h6-9,11,15,19,21-22H,1-5H3/t15-,19+/m0/s1. The topological polar surface area (TPSA) is 49.7 Å². The van der Waals surface area contributed by atoms with E-state index in [-0.39, 0.29) is 11.7 Å². The van der Waals surface area contributed by atoms with E-state index in [0.717, 1.165) is 33.0 Å². The summed E-state index contributed by atoms with van der Waals surface area (Å²) in [6.07, 6.45) is 0.698. The van der Waals surface area contributed by atoms with Crippen LogP contribution in [0.2, 0.25) is 0 Å². The van der Waals surface area contributed by atoms with E-state index in [1.807, 2.05) is 58.9 Å². The van der Waals surface area contributed by atoms with Crippen LogP contribution in [0.3, 0.4) is 0 Å². The van der Waals surface area contributed by atoms with Gasteiger partial charge in [0.15, 0.2) is 11.5 Å². The van der Waals surface area contributed by atoms with Crippen LogP contribution in [-0.4, -0.2) is 16.3 Å². The molecule has 0 spiro atoms. The van der Waals surface area contributed by atoms with Crippen LogP contribution in [-0.2, 0) is 0 Å². The third-order valence-corrected chi connectivity index (χ3v) is 4.50. The van der Waals surface area contributed by atoms with Crippen molar-refractivity contribution in [1.82, 2.24) is 0 Å². The first-order valence-electron chi connectivity index (χ1n) is 8.10. The van der Waals surface area contributed by atoms with Crippen molar-refractivity contribution >= 4 is 10.8 Å². The molecule has 2 N–H and O–H groups in total. The molecule has 1 aliphatic rings. The summed E-state index contributed by atoms with van der Waals surface area (Å²) in [5.74, 6) is 0.883. The smallest absolute Gasteiger partial charge is 0.170 e. The van der Waals surface area contributed by atoms with Crippen molar-refractivity contribution in [1.29, 1.82) is 0 Å². The van der Waals surface area contributed by atoms with Gasteiger partial charge in [0, 0.05) is 10.9 Å². The van der Waals surface area contributed by atoms with Crippen LogP contribution < -0.4 is 4.74 Å². The number of hydrogen-bond acceptors (Lipinski definition) is 3. The molecule has 2 aromatic rings. The third kappa shape index (κ3) is 2.49. The Kier molecular flexibility index (Phi) is 3.85. The van der Waals surface area contributed by atoms with E-state index in [1.165, 1.54) is 0 Å². The Labute approximate surface area is 137 Å². The summed E-state index contributed by atoms with van der Waals surface area (Å²) >= 11 is 0. The first-order chi connectivity index (χ1) is 10.8. The Morgan fingerprint density at radius 3 is 2.57 bits per heavy atom. The van der Waals surface area contributed by atoms with Crippen LogP contribution in [0.15, 0.2) is 29.8 Å². The summed E-state index contributed by atoms with van der Waals surface area (Å²) in [4.78, 5) is 0. The van der Waals surface area contributed by atoms with Gasteiger partial charge >= 0.3 is 0 Å². The second kappa shape index (κ2) is 5.57. The first-order valence-corrected chi connectivity index (χ1v) is 8.10. The lowest BCUT2D eigenvalue weighted by molar-refractivity contribution is 0.0561. The van der Waals surface area contributed by atoms with E-state index in [4.69, 9.17) is 4.74 Å². The molecule has 1 aliphatic heterocycles. The van der Waals surface area contributed by atoms with Gasteiger partial charge in [0.2, 0.25) is 0 Å². The van der Waals surface area contributed by atoms with E-state index in [1.54, 1.807) is 0 Å². The van der Waals surface area contributed by atoms with Crippen LogP contribution in [0.4, 0.5) is 0 Å². The lowest BCUT2D eigenvalue weighted by atomic mass is 9.87. The molecule has 0 aromatic heterocycles. The van der Waals surface area contributed by atoms with E-state index >= 15 is 0 Å². The average Bonchev–Trinajstić information content (AvgIpc) is 2.47. The normalized spacial score (nSPS) is 19.8. The number of rotatable bonds is 2. The van der Waals surface area contributed by atoms with E-state index in [2.05, 4.69) is 0 Å². The fourth-order valence-electron chi connectivity index (χ4n) is 3.35. The lowest BCUT2D eigenvalue weighted by Gasteiger charge is -2.32. The fraction of sp³-hybridized carbons (Fsp3) is 0.400. The zero-order valence-corrected chi connectivity index (χ0v) is 14.3. The van der Waals surface area contributed by atoms with Gasteiger partial charge in [0.25, 0.3) is 0 Å². The lowest BCUT2D eigenvalue weighted by Crippen LogP contribution is -2.28. The van der Waals surface area contributed by atoms with Crippen molar-refractivity contribution in [3.8, 4) is 11.5 Å². The number of allylic oxidation sites excluding steroid dienone is 1. The predicted octanol–water partition coefficient (Wildman–Crippen LogP) is 4.74. The Balaban J connectivity index is 2.36. The average molecular weight is 312 g/mol. The summed E-state index contributed by atoms with van der Waals surface area (Å²) < 4.78 is 6.03. The Morgan fingerprint density at radius 2 is 1.96 bits per heavy atom. The first kappa shape index (κ1) is 15.9. The fourth-order valence-corrected chi connectivity index (χ4v) is 3.35. The van der Waals surface area contributed by atoms with Crippen LogP contribution in [0.5, 0.6) is 11.5 Å². The molecule has 3 nitrogen and oxygen atoms in total. The number of ether oxygens (including phenoxy) is 1. The Bertz CT molecular complexity index is 798. The zero-order valence-electron chi connectivity index (χ0n) is 14.3. The maximum absolute atomic E-state index is 10.8. The summed E-state index contributed by atoms with van der Waals surface area (Å²) in [5, 5.41) is 23.3. The predicted molar refractivity (Wildman–Crippen MR) is 93.2 cm³/mol. The van der Waals surface area contributed by atoms with Gasteiger partial charge in [-0.3, -0.25) is 0 Å². The molecule has 0 saturated heterocycles. The molecule has 122 valence electrons. The minimum atomic E-state index is -0.731. The molecule has 3 heteroatoms. The highest BCUT2D eigenvalue weighted by atomic mass is 16.5. The largest absolute Gasteiger partial charge is 0.504 e. The van der Waals surface area contributed by atoms with Crippen LogP contribution in [0, 0.1) is 6.92 Å². The van der Waals surface area contributed by atoms with Crippen molar-refractivity contribution in [2.45, 2.75) is 52.7 Å². The minimum absolute atomic E-state index is 0.192. The second-order valence-electron chi connectivity index (χ2n) is 6.96. The minimum Gasteiger partial charge on any atom is -0.504 e. The maximum atomic E-state index is 10.8. The number of phenols is 1. The summed E-state index contributed by atoms with van der Waals surface area (Å²) in [7, 11) is 0. The number of aryl methyl sites for hydroxylation is 1. The molecule has 3 rings (SSSR count). The van der Waals surface area contributed by atoms with E-state index in [9.17, 15) is 10.2 Å². The number of benzene rings is 2. The molecule has 23 heavy (non-hydrogen) atoms. The molecule has 1 heterocycles. The molecule has 0 aliphatic carbocycles. The van der Waals surface area contributed by atoms with E-state index < -0.39 is 12.2 Å². The number of aliphatic hydroxyl groups is 1. The van der Waals surface area contributed by atoms with Crippen molar-refractivity contribution in [2.24, 2.45) is 0 Å². The molecular weight excluding hydrogens is 288 g/mol. The van der Waals surface area contributed by atoms with Crippen molar-refractivity contribution in [2.75, 3.05) is 0 Å².